The number of rotatable bonds is 10. The van der Waals surface area contributed by atoms with Crippen molar-refractivity contribution in [3.63, 3.8) is 0 Å². The van der Waals surface area contributed by atoms with E-state index in [1.807, 2.05) is 61.5 Å². The predicted molar refractivity (Wildman–Crippen MR) is 168 cm³/mol. The van der Waals surface area contributed by atoms with Crippen LogP contribution in [0.15, 0.2) is 118 Å². The highest BCUT2D eigenvalue weighted by molar-refractivity contribution is 9.10. The van der Waals surface area contributed by atoms with Crippen molar-refractivity contribution in [3.8, 4) is 5.75 Å². The Morgan fingerprint density at radius 3 is 2.17 bits per heavy atom. The molecule has 0 aliphatic heterocycles. The zero-order chi connectivity index (χ0) is 29.2. The molecule has 4 aromatic carbocycles. The van der Waals surface area contributed by atoms with Crippen LogP contribution in [0.3, 0.4) is 0 Å². The van der Waals surface area contributed by atoms with Crippen LogP contribution in [0.5, 0.6) is 5.75 Å². The number of ether oxygens (including phenoxy) is 1. The van der Waals surface area contributed by atoms with Crippen LogP contribution in [0.2, 0.25) is 0 Å². The van der Waals surface area contributed by atoms with Crippen molar-refractivity contribution in [2.45, 2.75) is 17.1 Å². The summed E-state index contributed by atoms with van der Waals surface area (Å²) in [5.74, 6) is -0.432. The summed E-state index contributed by atoms with van der Waals surface area (Å²) in [6.07, 6.45) is 1.62. The van der Waals surface area contributed by atoms with Crippen LogP contribution >= 0.6 is 27.7 Å². The summed E-state index contributed by atoms with van der Waals surface area (Å²) in [5.41, 5.74) is 2.44. The topological polar surface area (TPSA) is 96.5 Å². The first-order valence-corrected chi connectivity index (χ1v) is 14.4. The summed E-state index contributed by atoms with van der Waals surface area (Å²) in [4.78, 5) is 39.7. The van der Waals surface area contributed by atoms with Crippen LogP contribution in [-0.4, -0.2) is 30.1 Å². The number of methoxy groups -OCH3 is 1. The van der Waals surface area contributed by atoms with Crippen molar-refractivity contribution in [3.05, 3.63) is 124 Å². The second-order valence-electron chi connectivity index (χ2n) is 8.86. The summed E-state index contributed by atoms with van der Waals surface area (Å²) in [7, 11) is 1.56. The molecule has 0 aromatic heterocycles. The molecule has 0 radical (unpaired) electrons. The molecule has 1 atom stereocenters. The Morgan fingerprint density at radius 2 is 1.49 bits per heavy atom. The summed E-state index contributed by atoms with van der Waals surface area (Å²) in [6.45, 7) is 1.82. The lowest BCUT2D eigenvalue weighted by atomic mass is 10.1. The number of halogens is 1. The van der Waals surface area contributed by atoms with Gasteiger partial charge < -0.3 is 20.7 Å². The van der Waals surface area contributed by atoms with Crippen molar-refractivity contribution in [1.82, 2.24) is 5.32 Å². The van der Waals surface area contributed by atoms with Gasteiger partial charge in [-0.2, -0.15) is 0 Å². The average Bonchev–Trinajstić information content (AvgIpc) is 2.99. The first-order chi connectivity index (χ1) is 19.8. The van der Waals surface area contributed by atoms with E-state index in [9.17, 15) is 14.4 Å². The third-order valence-corrected chi connectivity index (χ3v) is 7.51. The maximum Gasteiger partial charge on any atom is 0.272 e. The maximum atomic E-state index is 13.3. The minimum Gasteiger partial charge on any atom is -0.495 e. The Kier molecular flexibility index (Phi) is 10.4. The van der Waals surface area contributed by atoms with Gasteiger partial charge in [-0.05, 0) is 79.2 Å². The van der Waals surface area contributed by atoms with Crippen LogP contribution in [0, 0.1) is 0 Å². The average molecular weight is 631 g/mol. The van der Waals surface area contributed by atoms with Crippen molar-refractivity contribution < 1.29 is 19.1 Å². The fourth-order valence-electron chi connectivity index (χ4n) is 3.72. The number of hydrogen-bond acceptors (Lipinski definition) is 5. The fraction of sp³-hybridized carbons (Fsp3) is 0.0938. The second-order valence-corrected chi connectivity index (χ2v) is 11.2. The third kappa shape index (κ3) is 8.57. The van der Waals surface area contributed by atoms with E-state index in [1.54, 1.807) is 61.7 Å². The molecular weight excluding hydrogens is 602 g/mol. The molecule has 0 fully saturated rings. The number of hydrogen-bond donors (Lipinski definition) is 3. The molecule has 0 aliphatic carbocycles. The number of para-hydroxylation sites is 2. The Morgan fingerprint density at radius 1 is 0.829 bits per heavy atom. The number of carbonyl (C=O) groups excluding carboxylic acids is 3. The summed E-state index contributed by atoms with van der Waals surface area (Å²) in [5, 5.41) is 8.10. The van der Waals surface area contributed by atoms with Gasteiger partial charge in [-0.25, -0.2) is 0 Å². The molecule has 1 unspecified atom stereocenters. The summed E-state index contributed by atoms with van der Waals surface area (Å²) in [6, 6.07) is 30.5. The van der Waals surface area contributed by atoms with Gasteiger partial charge in [0.05, 0.1) is 18.0 Å². The van der Waals surface area contributed by atoms with E-state index < -0.39 is 11.8 Å². The molecule has 0 saturated carbocycles. The quantitative estimate of drug-likeness (QED) is 0.130. The van der Waals surface area contributed by atoms with Gasteiger partial charge in [0.25, 0.3) is 11.8 Å². The highest BCUT2D eigenvalue weighted by Crippen LogP contribution is 2.28. The molecule has 3 N–H and O–H groups in total. The SMILES string of the molecule is COc1ccccc1NC(=O)C(C)Sc1ccc(NC(=O)/C(=C/c2ccc(Br)cc2)NC(=O)c2ccccc2)cc1. The van der Waals surface area contributed by atoms with Crippen LogP contribution in [0.4, 0.5) is 11.4 Å². The van der Waals surface area contributed by atoms with Gasteiger partial charge in [0, 0.05) is 20.6 Å². The van der Waals surface area contributed by atoms with Gasteiger partial charge in [-0.15, -0.1) is 11.8 Å². The highest BCUT2D eigenvalue weighted by atomic mass is 79.9. The smallest absolute Gasteiger partial charge is 0.272 e. The Hall–Kier alpha value is -4.34. The first kappa shape index (κ1) is 29.6. The number of anilines is 2. The number of thioether (sulfide) groups is 1. The Labute approximate surface area is 251 Å². The minimum atomic E-state index is -0.470. The van der Waals surface area contributed by atoms with Crippen LogP contribution in [-0.2, 0) is 9.59 Å². The maximum absolute atomic E-state index is 13.3. The van der Waals surface area contributed by atoms with Crippen molar-refractivity contribution >= 4 is 62.9 Å². The Balaban J connectivity index is 1.43. The van der Waals surface area contributed by atoms with Gasteiger partial charge >= 0.3 is 0 Å². The normalized spacial score (nSPS) is 11.7. The van der Waals surface area contributed by atoms with E-state index in [-0.39, 0.29) is 16.9 Å². The molecule has 41 heavy (non-hydrogen) atoms. The lowest BCUT2D eigenvalue weighted by Gasteiger charge is -2.15. The van der Waals surface area contributed by atoms with Crippen molar-refractivity contribution in [2.75, 3.05) is 17.7 Å². The zero-order valence-electron chi connectivity index (χ0n) is 22.4. The third-order valence-electron chi connectivity index (χ3n) is 5.87. The van der Waals surface area contributed by atoms with Crippen molar-refractivity contribution in [2.24, 2.45) is 0 Å². The molecular formula is C32H28BrN3O4S. The van der Waals surface area contributed by atoms with Crippen LogP contribution in [0.1, 0.15) is 22.8 Å². The van der Waals surface area contributed by atoms with Crippen LogP contribution < -0.4 is 20.7 Å². The molecule has 4 rings (SSSR count). The second kappa shape index (κ2) is 14.3. The van der Waals surface area contributed by atoms with Gasteiger partial charge in [0.15, 0.2) is 0 Å². The van der Waals surface area contributed by atoms with Gasteiger partial charge in [-0.1, -0.05) is 58.4 Å². The molecule has 208 valence electrons. The van der Waals surface area contributed by atoms with Crippen molar-refractivity contribution in [1.29, 1.82) is 0 Å². The number of nitrogens with one attached hydrogen (secondary N) is 3. The first-order valence-electron chi connectivity index (χ1n) is 12.7. The molecule has 0 bridgehead atoms. The molecule has 0 heterocycles. The number of carbonyl (C=O) groups is 3. The van der Waals surface area contributed by atoms with E-state index in [1.165, 1.54) is 11.8 Å². The van der Waals surface area contributed by atoms with Crippen LogP contribution in [0.25, 0.3) is 6.08 Å². The lowest BCUT2D eigenvalue weighted by Crippen LogP contribution is -2.30. The fourth-order valence-corrected chi connectivity index (χ4v) is 4.86. The lowest BCUT2D eigenvalue weighted by molar-refractivity contribution is -0.115. The largest absolute Gasteiger partial charge is 0.495 e. The summed E-state index contributed by atoms with van der Waals surface area (Å²) < 4.78 is 6.20. The monoisotopic (exact) mass is 629 g/mol. The molecule has 0 saturated heterocycles. The van der Waals surface area contributed by atoms with E-state index >= 15 is 0 Å². The predicted octanol–water partition coefficient (Wildman–Crippen LogP) is 6.99. The minimum absolute atomic E-state index is 0.0984. The molecule has 0 spiro atoms. The molecule has 4 aromatic rings. The van der Waals surface area contributed by atoms with E-state index in [2.05, 4.69) is 31.9 Å². The van der Waals surface area contributed by atoms with Gasteiger partial charge in [0.2, 0.25) is 5.91 Å². The van der Waals surface area contributed by atoms with E-state index in [0.717, 1.165) is 14.9 Å². The molecule has 0 aliphatic rings. The van der Waals surface area contributed by atoms with Gasteiger partial charge in [0.1, 0.15) is 11.4 Å². The molecule has 9 heteroatoms. The zero-order valence-corrected chi connectivity index (χ0v) is 24.8. The highest BCUT2D eigenvalue weighted by Gasteiger charge is 2.18. The molecule has 7 nitrogen and oxygen atoms in total. The number of benzene rings is 4. The van der Waals surface area contributed by atoms with E-state index in [4.69, 9.17) is 4.74 Å². The van der Waals surface area contributed by atoms with E-state index in [0.29, 0.717) is 22.7 Å². The number of amides is 3. The molecule has 3 amide bonds. The van der Waals surface area contributed by atoms with Gasteiger partial charge in [-0.3, -0.25) is 14.4 Å². The Bertz CT molecular complexity index is 1540. The standard InChI is InChI=1S/C32H28BrN3O4S/c1-21(30(37)35-27-10-6-7-11-29(27)40-2)41-26-18-16-25(17-19-26)34-32(39)28(20-22-12-14-24(33)15-13-22)36-31(38)23-8-4-3-5-9-23/h3-21H,1-2H3,(H,34,39)(H,35,37)(H,36,38)/b28-20-. The summed E-state index contributed by atoms with van der Waals surface area (Å²) >= 11 is 4.80.